The normalized spacial score (nSPS) is 11.0. The summed E-state index contributed by atoms with van der Waals surface area (Å²) in [6, 6.07) is 6.71. The summed E-state index contributed by atoms with van der Waals surface area (Å²) in [5.41, 5.74) is 2.46. The van der Waals surface area contributed by atoms with Crippen LogP contribution < -0.4 is 5.32 Å². The van der Waals surface area contributed by atoms with Crippen LogP contribution in [0.4, 0.5) is 14.5 Å². The average molecular weight is 315 g/mol. The third kappa shape index (κ3) is 2.67. The van der Waals surface area contributed by atoms with Crippen LogP contribution in [-0.2, 0) is 6.42 Å². The van der Waals surface area contributed by atoms with Crippen molar-refractivity contribution in [2.24, 2.45) is 0 Å². The number of nitrogens with one attached hydrogen (secondary N) is 1. The van der Waals surface area contributed by atoms with E-state index in [0.29, 0.717) is 5.56 Å². The zero-order chi connectivity index (χ0) is 16.6. The lowest BCUT2D eigenvalue weighted by molar-refractivity contribution is 0.102. The van der Waals surface area contributed by atoms with Gasteiger partial charge in [-0.1, -0.05) is 13.0 Å². The topological polar surface area (TPSA) is 46.4 Å². The second-order valence-electron chi connectivity index (χ2n) is 5.19. The molecule has 1 amide bonds. The predicted molar refractivity (Wildman–Crippen MR) is 83.6 cm³/mol. The number of anilines is 1. The summed E-state index contributed by atoms with van der Waals surface area (Å²) >= 11 is 0. The summed E-state index contributed by atoms with van der Waals surface area (Å²) in [4.78, 5) is 16.7. The van der Waals surface area contributed by atoms with Crippen LogP contribution in [0.1, 0.15) is 28.7 Å². The number of pyridine rings is 1. The highest BCUT2D eigenvalue weighted by atomic mass is 19.1. The van der Waals surface area contributed by atoms with Gasteiger partial charge in [0.05, 0.1) is 11.3 Å². The maximum Gasteiger partial charge on any atom is 0.257 e. The van der Waals surface area contributed by atoms with Gasteiger partial charge in [0.15, 0.2) is 0 Å². The van der Waals surface area contributed by atoms with Crippen molar-refractivity contribution < 1.29 is 13.6 Å². The van der Waals surface area contributed by atoms with Crippen molar-refractivity contribution >= 4 is 17.2 Å². The van der Waals surface area contributed by atoms with Crippen LogP contribution >= 0.6 is 0 Å². The van der Waals surface area contributed by atoms with Gasteiger partial charge >= 0.3 is 0 Å². The molecular weight excluding hydrogens is 300 g/mol. The van der Waals surface area contributed by atoms with Gasteiger partial charge in [-0.05, 0) is 37.6 Å². The van der Waals surface area contributed by atoms with Crippen molar-refractivity contribution in [1.82, 2.24) is 9.38 Å². The number of fused-ring (bicyclic) bond motifs is 1. The fourth-order valence-corrected chi connectivity index (χ4v) is 2.48. The number of aromatic nitrogens is 2. The Morgan fingerprint density at radius 1 is 1.22 bits per heavy atom. The van der Waals surface area contributed by atoms with Gasteiger partial charge in [0, 0.05) is 11.9 Å². The minimum atomic E-state index is -0.813. The first-order valence-electron chi connectivity index (χ1n) is 7.24. The maximum atomic E-state index is 13.6. The SMILES string of the molecule is CCc1nc2ccc(C(=O)Nc3c(F)cccc3F)cn2c1C. The van der Waals surface area contributed by atoms with E-state index in [1.807, 2.05) is 13.8 Å². The number of aryl methyl sites for hydroxylation is 2. The molecular formula is C17H15F2N3O. The molecule has 0 unspecified atom stereocenters. The molecule has 0 spiro atoms. The van der Waals surface area contributed by atoms with E-state index in [-0.39, 0.29) is 0 Å². The molecule has 1 N–H and O–H groups in total. The Hall–Kier alpha value is -2.76. The Kier molecular flexibility index (Phi) is 3.82. The van der Waals surface area contributed by atoms with Crippen LogP contribution in [0.2, 0.25) is 0 Å². The summed E-state index contributed by atoms with van der Waals surface area (Å²) in [6.45, 7) is 3.92. The highest BCUT2D eigenvalue weighted by Gasteiger charge is 2.15. The Bertz CT molecular complexity index is 882. The number of benzene rings is 1. The third-order valence-electron chi connectivity index (χ3n) is 3.75. The molecule has 4 nitrogen and oxygen atoms in total. The maximum absolute atomic E-state index is 13.6. The van der Waals surface area contributed by atoms with E-state index in [9.17, 15) is 13.6 Å². The number of nitrogens with zero attached hydrogens (tertiary/aromatic N) is 2. The van der Waals surface area contributed by atoms with Gasteiger partial charge in [0.25, 0.3) is 5.91 Å². The summed E-state index contributed by atoms with van der Waals surface area (Å²) in [7, 11) is 0. The monoisotopic (exact) mass is 315 g/mol. The van der Waals surface area contributed by atoms with E-state index in [1.54, 1.807) is 22.7 Å². The fourth-order valence-electron chi connectivity index (χ4n) is 2.48. The fraction of sp³-hybridized carbons (Fsp3) is 0.176. The highest BCUT2D eigenvalue weighted by molar-refractivity contribution is 6.04. The van der Waals surface area contributed by atoms with Gasteiger partial charge in [-0.3, -0.25) is 4.79 Å². The van der Waals surface area contributed by atoms with Crippen LogP contribution in [0.15, 0.2) is 36.5 Å². The van der Waals surface area contributed by atoms with Crippen LogP contribution in [0.3, 0.4) is 0 Å². The van der Waals surface area contributed by atoms with Crippen molar-refractivity contribution in [3.8, 4) is 0 Å². The third-order valence-corrected chi connectivity index (χ3v) is 3.75. The molecule has 0 aliphatic heterocycles. The number of para-hydroxylation sites is 1. The Morgan fingerprint density at radius 2 is 1.91 bits per heavy atom. The van der Waals surface area contributed by atoms with E-state index < -0.39 is 23.2 Å². The van der Waals surface area contributed by atoms with Gasteiger partial charge < -0.3 is 9.72 Å². The number of hydrogen-bond acceptors (Lipinski definition) is 2. The van der Waals surface area contributed by atoms with Crippen LogP contribution in [0.5, 0.6) is 0 Å². The number of carbonyl (C=O) groups is 1. The van der Waals surface area contributed by atoms with Gasteiger partial charge in [-0.2, -0.15) is 0 Å². The van der Waals surface area contributed by atoms with Crippen molar-refractivity contribution in [2.45, 2.75) is 20.3 Å². The molecule has 0 atom stereocenters. The number of halogens is 2. The Balaban J connectivity index is 1.96. The quantitative estimate of drug-likeness (QED) is 0.800. The Morgan fingerprint density at radius 3 is 2.57 bits per heavy atom. The molecule has 0 aliphatic rings. The van der Waals surface area contributed by atoms with E-state index >= 15 is 0 Å². The lowest BCUT2D eigenvalue weighted by atomic mass is 10.2. The lowest BCUT2D eigenvalue weighted by Gasteiger charge is -2.08. The van der Waals surface area contributed by atoms with Gasteiger partial charge in [-0.25, -0.2) is 13.8 Å². The summed E-state index contributed by atoms with van der Waals surface area (Å²) in [5.74, 6) is -2.21. The van der Waals surface area contributed by atoms with Crippen LogP contribution in [0.25, 0.3) is 5.65 Å². The molecule has 0 aliphatic carbocycles. The molecule has 2 aromatic heterocycles. The number of rotatable bonds is 3. The smallest absolute Gasteiger partial charge is 0.257 e. The van der Waals surface area contributed by atoms with Gasteiger partial charge in [0.2, 0.25) is 0 Å². The zero-order valence-electron chi connectivity index (χ0n) is 12.7. The molecule has 0 radical (unpaired) electrons. The second kappa shape index (κ2) is 5.79. The average Bonchev–Trinajstić information content (AvgIpc) is 2.86. The molecule has 2 heterocycles. The number of hydrogen-bond donors (Lipinski definition) is 1. The zero-order valence-corrected chi connectivity index (χ0v) is 12.7. The molecule has 0 saturated carbocycles. The molecule has 0 fully saturated rings. The van der Waals surface area contributed by atoms with Crippen LogP contribution in [0, 0.1) is 18.6 Å². The van der Waals surface area contributed by atoms with Crippen molar-refractivity contribution in [2.75, 3.05) is 5.32 Å². The lowest BCUT2D eigenvalue weighted by Crippen LogP contribution is -2.15. The molecule has 0 bridgehead atoms. The first-order chi connectivity index (χ1) is 11.0. The number of amides is 1. The molecule has 0 saturated heterocycles. The van der Waals surface area contributed by atoms with Crippen molar-refractivity contribution in [3.05, 3.63) is 65.1 Å². The van der Waals surface area contributed by atoms with E-state index in [0.717, 1.165) is 35.6 Å². The molecule has 118 valence electrons. The highest BCUT2D eigenvalue weighted by Crippen LogP contribution is 2.20. The second-order valence-corrected chi connectivity index (χ2v) is 5.19. The first kappa shape index (κ1) is 15.1. The van der Waals surface area contributed by atoms with E-state index in [4.69, 9.17) is 0 Å². The van der Waals surface area contributed by atoms with Crippen molar-refractivity contribution in [1.29, 1.82) is 0 Å². The van der Waals surface area contributed by atoms with Crippen LogP contribution in [-0.4, -0.2) is 15.3 Å². The molecule has 1 aromatic carbocycles. The molecule has 23 heavy (non-hydrogen) atoms. The van der Waals surface area contributed by atoms with Crippen molar-refractivity contribution in [3.63, 3.8) is 0 Å². The number of carbonyl (C=O) groups excluding carboxylic acids is 1. The minimum absolute atomic E-state index is 0.295. The van der Waals surface area contributed by atoms with E-state index in [2.05, 4.69) is 10.3 Å². The largest absolute Gasteiger partial charge is 0.317 e. The van der Waals surface area contributed by atoms with Gasteiger partial charge in [-0.15, -0.1) is 0 Å². The summed E-state index contributed by atoms with van der Waals surface area (Å²) < 4.78 is 29.0. The predicted octanol–water partition coefficient (Wildman–Crippen LogP) is 3.74. The summed E-state index contributed by atoms with van der Waals surface area (Å²) in [6.07, 6.45) is 2.40. The minimum Gasteiger partial charge on any atom is -0.317 e. The first-order valence-corrected chi connectivity index (χ1v) is 7.24. The standard InChI is InChI=1S/C17H15F2N3O/c1-3-14-10(2)22-9-11(7-8-15(22)20-14)17(23)21-16-12(18)5-4-6-13(16)19/h4-9H,3H2,1-2H3,(H,21,23). The Labute approximate surface area is 131 Å². The molecule has 3 aromatic rings. The van der Waals surface area contributed by atoms with Gasteiger partial charge in [0.1, 0.15) is 23.0 Å². The molecule has 3 rings (SSSR count). The van der Waals surface area contributed by atoms with E-state index in [1.165, 1.54) is 6.07 Å². The number of imidazole rings is 1. The summed E-state index contributed by atoms with van der Waals surface area (Å²) in [5, 5.41) is 2.28. The molecule has 6 heteroatoms.